The Labute approximate surface area is 162 Å². The molecule has 0 saturated carbocycles. The first-order chi connectivity index (χ1) is 13.3. The molecule has 1 heterocycles. The Morgan fingerprint density at radius 2 is 1.93 bits per heavy atom. The van der Waals surface area contributed by atoms with Crippen molar-refractivity contribution in [2.45, 2.75) is 30.6 Å². The molecule has 1 amide bonds. The molecule has 0 aromatic heterocycles. The minimum absolute atomic E-state index is 0.150. The van der Waals surface area contributed by atoms with Crippen LogP contribution in [0.4, 0.5) is 0 Å². The first-order valence-corrected chi connectivity index (χ1v) is 10.1. The number of hydrogen-bond acceptors (Lipinski definition) is 9. The van der Waals surface area contributed by atoms with Crippen molar-refractivity contribution in [1.82, 2.24) is 10.2 Å². The molecule has 1 aromatic rings. The van der Waals surface area contributed by atoms with Crippen LogP contribution < -0.4 is 10.2 Å². The number of rotatable bonds is 8. The van der Waals surface area contributed by atoms with Gasteiger partial charge in [0.25, 0.3) is 16.0 Å². The molecule has 0 spiro atoms. The van der Waals surface area contributed by atoms with Gasteiger partial charge in [-0.25, -0.2) is 0 Å². The summed E-state index contributed by atoms with van der Waals surface area (Å²) in [5, 5.41) is 6.29. The highest BCUT2D eigenvalue weighted by Crippen LogP contribution is 2.27. The van der Waals surface area contributed by atoms with Crippen LogP contribution in [0.15, 0.2) is 35.4 Å². The summed E-state index contributed by atoms with van der Waals surface area (Å²) in [4.78, 5) is 15.5. The lowest BCUT2D eigenvalue weighted by Gasteiger charge is -2.44. The van der Waals surface area contributed by atoms with Gasteiger partial charge in [0, 0.05) is 19.8 Å². The minimum Gasteiger partial charge on any atom is -0.376 e. The lowest BCUT2D eigenvalue weighted by molar-refractivity contribution is -0.251. The zero-order chi connectivity index (χ0) is 20.7. The van der Waals surface area contributed by atoms with Gasteiger partial charge >= 0.3 is 0 Å². The summed E-state index contributed by atoms with van der Waals surface area (Å²) < 4.78 is 45.1. The van der Waals surface area contributed by atoms with E-state index in [0.717, 1.165) is 6.26 Å². The third-order valence-electron chi connectivity index (χ3n) is 4.10. The van der Waals surface area contributed by atoms with Gasteiger partial charge in [-0.3, -0.25) is 8.98 Å². The number of hydrogen-bond donors (Lipinski definition) is 2. The van der Waals surface area contributed by atoms with Gasteiger partial charge in [-0.15, -0.1) is 0 Å². The van der Waals surface area contributed by atoms with E-state index in [0.29, 0.717) is 5.56 Å². The van der Waals surface area contributed by atoms with E-state index >= 15 is 0 Å². The SMILES string of the molecule is COC1OC(CN=[N+]=N)[C@H](OS(C)(=O)=O)C(OC)C1NC(=O)c1ccccc1. The molecule has 1 aromatic carbocycles. The van der Waals surface area contributed by atoms with Gasteiger partial charge in [0.2, 0.25) is 4.91 Å². The third-order valence-corrected chi connectivity index (χ3v) is 4.67. The third kappa shape index (κ3) is 5.64. The predicted molar refractivity (Wildman–Crippen MR) is 96.0 cm³/mol. The van der Waals surface area contributed by atoms with Crippen LogP contribution in [-0.2, 0) is 28.5 Å². The largest absolute Gasteiger partial charge is 0.376 e. The molecule has 12 heteroatoms. The Morgan fingerprint density at radius 1 is 1.25 bits per heavy atom. The summed E-state index contributed by atoms with van der Waals surface area (Å²) >= 11 is 0. The van der Waals surface area contributed by atoms with Crippen molar-refractivity contribution in [2.75, 3.05) is 27.0 Å². The number of carbonyl (C=O) groups excluding carboxylic acids is 1. The average Bonchev–Trinajstić information content (AvgIpc) is 2.67. The molecule has 1 aliphatic rings. The van der Waals surface area contributed by atoms with Crippen molar-refractivity contribution in [3.8, 4) is 0 Å². The molecule has 154 valence electrons. The molecule has 11 nitrogen and oxygen atoms in total. The molecule has 28 heavy (non-hydrogen) atoms. The number of nitrogens with one attached hydrogen (secondary N) is 2. The van der Waals surface area contributed by atoms with Crippen LogP contribution in [0.3, 0.4) is 0 Å². The number of benzene rings is 1. The molecular weight excluding hydrogens is 392 g/mol. The fourth-order valence-electron chi connectivity index (χ4n) is 2.95. The second-order valence-electron chi connectivity index (χ2n) is 6.03. The maximum absolute atomic E-state index is 12.6. The molecule has 5 atom stereocenters. The van der Waals surface area contributed by atoms with Gasteiger partial charge in [-0.05, 0) is 12.1 Å². The van der Waals surface area contributed by atoms with Crippen LogP contribution >= 0.6 is 0 Å². The van der Waals surface area contributed by atoms with Gasteiger partial charge in [0.15, 0.2) is 12.8 Å². The van der Waals surface area contributed by atoms with Crippen molar-refractivity contribution in [3.63, 3.8) is 0 Å². The average molecular weight is 415 g/mol. The first kappa shape index (κ1) is 22.1. The highest BCUT2D eigenvalue weighted by molar-refractivity contribution is 7.86. The van der Waals surface area contributed by atoms with Gasteiger partial charge in [0.1, 0.15) is 35.0 Å². The number of ether oxygens (including phenoxy) is 3. The lowest BCUT2D eigenvalue weighted by atomic mass is 9.96. The van der Waals surface area contributed by atoms with E-state index in [9.17, 15) is 13.2 Å². The summed E-state index contributed by atoms with van der Waals surface area (Å²) in [5.41, 5.74) is 7.21. The molecule has 0 aliphatic carbocycles. The van der Waals surface area contributed by atoms with Crippen molar-refractivity contribution < 1.29 is 31.6 Å². The maximum atomic E-state index is 12.6. The molecule has 1 fully saturated rings. The zero-order valence-corrected chi connectivity index (χ0v) is 16.5. The zero-order valence-electron chi connectivity index (χ0n) is 15.6. The molecule has 0 radical (unpaired) electrons. The Balaban J connectivity index is 2.33. The van der Waals surface area contributed by atoms with E-state index < -0.39 is 46.7 Å². The quantitative estimate of drug-likeness (QED) is 0.346. The normalized spacial score (nSPS) is 27.6. The predicted octanol–water partition coefficient (Wildman–Crippen LogP) is 0.0665. The maximum Gasteiger partial charge on any atom is 0.264 e. The first-order valence-electron chi connectivity index (χ1n) is 8.29. The van der Waals surface area contributed by atoms with Crippen molar-refractivity contribution in [2.24, 2.45) is 5.11 Å². The van der Waals surface area contributed by atoms with Crippen molar-refractivity contribution in [1.29, 1.82) is 5.53 Å². The molecule has 0 bridgehead atoms. The van der Waals surface area contributed by atoms with Gasteiger partial charge in [0.05, 0.1) is 6.26 Å². The molecule has 1 saturated heterocycles. The Bertz CT molecular complexity index is 814. The van der Waals surface area contributed by atoms with E-state index in [-0.39, 0.29) is 6.54 Å². The van der Waals surface area contributed by atoms with Crippen LogP contribution in [0.1, 0.15) is 10.4 Å². The Morgan fingerprint density at radius 3 is 2.46 bits per heavy atom. The van der Waals surface area contributed by atoms with E-state index in [1.807, 2.05) is 0 Å². The second kappa shape index (κ2) is 9.82. The van der Waals surface area contributed by atoms with Crippen LogP contribution in [-0.4, -0.2) is 72.0 Å². The standard InChI is InChI=1S/C16H22N4O7S/c1-24-14-12(19-15(21)10-7-5-4-6-8-10)16(25-2)26-11(9-18-20-17)13(14)27-28(3,22)23/h4-8,11-14,16-17H,9H2,1-3H3/p+1/t11?,12?,13-,14?,16?/m0/s1. The van der Waals surface area contributed by atoms with E-state index in [2.05, 4.69) is 15.3 Å². The number of nitrogens with zero attached hydrogens (tertiary/aromatic N) is 2. The molecule has 4 unspecified atom stereocenters. The summed E-state index contributed by atoms with van der Waals surface area (Å²) in [7, 11) is -1.16. The summed E-state index contributed by atoms with van der Waals surface area (Å²) in [6, 6.07) is 7.59. The molecule has 1 aliphatic heterocycles. The molecular formula is C16H23N4O7S+. The van der Waals surface area contributed by atoms with Gasteiger partial charge in [-0.2, -0.15) is 8.42 Å². The monoisotopic (exact) mass is 415 g/mol. The smallest absolute Gasteiger partial charge is 0.264 e. The van der Waals surface area contributed by atoms with E-state index in [1.54, 1.807) is 30.3 Å². The molecule has 2 N–H and O–H groups in total. The summed E-state index contributed by atoms with van der Waals surface area (Å²) in [6.45, 7) is -0.150. The van der Waals surface area contributed by atoms with E-state index in [4.69, 9.17) is 23.9 Å². The van der Waals surface area contributed by atoms with Crippen LogP contribution in [0.5, 0.6) is 0 Å². The highest BCUT2D eigenvalue weighted by Gasteiger charge is 2.50. The molecule has 2 rings (SSSR count). The Hall–Kier alpha value is -2.21. The fourth-order valence-corrected chi connectivity index (χ4v) is 3.59. The van der Waals surface area contributed by atoms with Crippen LogP contribution in [0.2, 0.25) is 0 Å². The highest BCUT2D eigenvalue weighted by atomic mass is 32.2. The lowest BCUT2D eigenvalue weighted by Crippen LogP contribution is -2.65. The van der Waals surface area contributed by atoms with Gasteiger partial charge < -0.3 is 19.5 Å². The summed E-state index contributed by atoms with van der Waals surface area (Å²) in [6.07, 6.45) is -3.08. The van der Waals surface area contributed by atoms with Crippen LogP contribution in [0.25, 0.3) is 0 Å². The van der Waals surface area contributed by atoms with E-state index in [1.165, 1.54) is 14.2 Å². The van der Waals surface area contributed by atoms with Gasteiger partial charge in [-0.1, -0.05) is 18.2 Å². The second-order valence-corrected chi connectivity index (χ2v) is 7.63. The van der Waals surface area contributed by atoms with Crippen LogP contribution in [0, 0.1) is 5.53 Å². The number of carbonyl (C=O) groups is 1. The fraction of sp³-hybridized carbons (Fsp3) is 0.562. The van der Waals surface area contributed by atoms with Crippen molar-refractivity contribution >= 4 is 16.0 Å². The van der Waals surface area contributed by atoms with Crippen molar-refractivity contribution in [3.05, 3.63) is 35.9 Å². The minimum atomic E-state index is -3.89. The summed E-state index contributed by atoms with van der Waals surface area (Å²) in [5.74, 6) is -0.416. The Kier molecular flexibility index (Phi) is 7.75. The number of amides is 1. The number of methoxy groups -OCH3 is 2. The topological polar surface area (TPSA) is 150 Å².